The van der Waals surface area contributed by atoms with Crippen molar-refractivity contribution in [1.29, 1.82) is 0 Å². The summed E-state index contributed by atoms with van der Waals surface area (Å²) >= 11 is 0. The third-order valence-corrected chi connectivity index (χ3v) is 2.61. The van der Waals surface area contributed by atoms with Crippen molar-refractivity contribution < 1.29 is 5.11 Å². The van der Waals surface area contributed by atoms with Crippen LogP contribution >= 0.6 is 0 Å². The predicted octanol–water partition coefficient (Wildman–Crippen LogP) is 0.863. The van der Waals surface area contributed by atoms with Gasteiger partial charge in [0.15, 0.2) is 11.1 Å². The number of imidazole rings is 1. The summed E-state index contributed by atoms with van der Waals surface area (Å²) in [7, 11) is 0. The maximum atomic E-state index is 11.5. The van der Waals surface area contributed by atoms with Crippen LogP contribution in [-0.2, 0) is 0 Å². The van der Waals surface area contributed by atoms with E-state index in [2.05, 4.69) is 4.98 Å². The lowest BCUT2D eigenvalue weighted by Gasteiger charge is -1.93. The first-order chi connectivity index (χ1) is 7.81. The molecule has 0 atom stereocenters. The van der Waals surface area contributed by atoms with E-state index in [9.17, 15) is 4.79 Å². The minimum absolute atomic E-state index is 0.221. The standard InChI is InChI=1S/C12H8N2O2/c15-7-8-11(16)5-6-14-10-4-2-1-3-9(10)13-12(8)14/h1-7,15H. The lowest BCUT2D eigenvalue weighted by Crippen LogP contribution is -2.25. The molecule has 0 saturated carbocycles. The van der Waals surface area contributed by atoms with Crippen LogP contribution in [0.3, 0.4) is 0 Å². The number of rotatable bonds is 0. The fraction of sp³-hybridized carbons (Fsp3) is 0. The number of nitrogens with zero attached hydrogens (tertiary/aromatic N) is 2. The van der Waals surface area contributed by atoms with E-state index in [4.69, 9.17) is 5.11 Å². The highest BCUT2D eigenvalue weighted by Gasteiger charge is 2.05. The van der Waals surface area contributed by atoms with E-state index in [0.717, 1.165) is 17.3 Å². The molecule has 1 N–H and O–H groups in total. The molecule has 1 aromatic carbocycles. The number of fused-ring (bicyclic) bond motifs is 3. The molecule has 0 aliphatic carbocycles. The second-order valence-electron chi connectivity index (χ2n) is 3.52. The van der Waals surface area contributed by atoms with Gasteiger partial charge in [0.1, 0.15) is 0 Å². The van der Waals surface area contributed by atoms with Crippen LogP contribution in [0, 0.1) is 0 Å². The monoisotopic (exact) mass is 212 g/mol. The van der Waals surface area contributed by atoms with Crippen LogP contribution in [-0.4, -0.2) is 14.5 Å². The van der Waals surface area contributed by atoms with Gasteiger partial charge in [-0.3, -0.25) is 9.20 Å². The molecular formula is C12H8N2O2. The number of hydrogen-bond acceptors (Lipinski definition) is 3. The predicted molar refractivity (Wildman–Crippen MR) is 61.3 cm³/mol. The Kier molecular flexibility index (Phi) is 1.71. The average Bonchev–Trinajstić information content (AvgIpc) is 2.67. The van der Waals surface area contributed by atoms with Crippen LogP contribution in [0.2, 0.25) is 0 Å². The molecule has 0 radical (unpaired) electrons. The fourth-order valence-corrected chi connectivity index (χ4v) is 1.85. The molecule has 3 aromatic rings. The Morgan fingerprint density at radius 1 is 1.25 bits per heavy atom. The van der Waals surface area contributed by atoms with Crippen molar-refractivity contribution in [3.05, 3.63) is 52.0 Å². The van der Waals surface area contributed by atoms with Gasteiger partial charge in [0.2, 0.25) is 0 Å². The summed E-state index contributed by atoms with van der Waals surface area (Å²) in [6.07, 6.45) is 2.48. The first kappa shape index (κ1) is 8.91. The molecule has 4 heteroatoms. The molecule has 0 aliphatic rings. The maximum Gasteiger partial charge on any atom is 0.194 e. The zero-order chi connectivity index (χ0) is 11.1. The lowest BCUT2D eigenvalue weighted by atomic mass is 10.3. The van der Waals surface area contributed by atoms with Crippen LogP contribution < -0.4 is 10.6 Å². The Hall–Kier alpha value is -2.36. The molecule has 78 valence electrons. The smallest absolute Gasteiger partial charge is 0.194 e. The highest BCUT2D eigenvalue weighted by molar-refractivity contribution is 5.80. The minimum atomic E-state index is -0.231. The van der Waals surface area contributed by atoms with Crippen LogP contribution in [0.25, 0.3) is 22.9 Å². The Balaban J connectivity index is 2.70. The topological polar surface area (TPSA) is 54.6 Å². The Morgan fingerprint density at radius 2 is 2.06 bits per heavy atom. The average molecular weight is 212 g/mol. The summed E-state index contributed by atoms with van der Waals surface area (Å²) in [6, 6.07) is 9.00. The van der Waals surface area contributed by atoms with Gasteiger partial charge in [0.05, 0.1) is 22.5 Å². The van der Waals surface area contributed by atoms with Crippen molar-refractivity contribution in [2.24, 2.45) is 0 Å². The van der Waals surface area contributed by atoms with Crippen LogP contribution in [0.1, 0.15) is 0 Å². The van der Waals surface area contributed by atoms with Gasteiger partial charge in [-0.1, -0.05) is 12.1 Å². The first-order valence-electron chi connectivity index (χ1n) is 4.85. The van der Waals surface area contributed by atoms with Crippen molar-refractivity contribution >= 4 is 22.9 Å². The van der Waals surface area contributed by atoms with Gasteiger partial charge in [-0.05, 0) is 12.1 Å². The van der Waals surface area contributed by atoms with Gasteiger partial charge < -0.3 is 5.11 Å². The minimum Gasteiger partial charge on any atom is -0.515 e. The number of para-hydroxylation sites is 2. The summed E-state index contributed by atoms with van der Waals surface area (Å²) in [6.45, 7) is 0. The summed E-state index contributed by atoms with van der Waals surface area (Å²) < 4.78 is 1.79. The molecule has 4 nitrogen and oxygen atoms in total. The third-order valence-electron chi connectivity index (χ3n) is 2.61. The van der Waals surface area contributed by atoms with Crippen molar-refractivity contribution in [3.8, 4) is 0 Å². The van der Waals surface area contributed by atoms with Gasteiger partial charge in [0, 0.05) is 12.3 Å². The molecule has 0 aliphatic heterocycles. The van der Waals surface area contributed by atoms with Crippen LogP contribution in [0.15, 0.2) is 41.3 Å². The molecule has 0 amide bonds. The van der Waals surface area contributed by atoms with E-state index in [1.807, 2.05) is 24.3 Å². The van der Waals surface area contributed by atoms with Crippen molar-refractivity contribution in [2.45, 2.75) is 0 Å². The van der Waals surface area contributed by atoms with Crippen LogP contribution in [0.5, 0.6) is 0 Å². The summed E-state index contributed by atoms with van der Waals surface area (Å²) in [5.41, 5.74) is 1.97. The van der Waals surface area contributed by atoms with E-state index >= 15 is 0 Å². The Labute approximate surface area is 90.1 Å². The number of pyridine rings is 1. The highest BCUT2D eigenvalue weighted by Crippen LogP contribution is 2.12. The number of aliphatic hydroxyl groups excluding tert-OH is 1. The zero-order valence-corrected chi connectivity index (χ0v) is 8.29. The van der Waals surface area contributed by atoms with E-state index < -0.39 is 0 Å². The summed E-state index contributed by atoms with van der Waals surface area (Å²) in [4.78, 5) is 15.8. The van der Waals surface area contributed by atoms with E-state index in [1.165, 1.54) is 6.07 Å². The molecule has 0 spiro atoms. The third kappa shape index (κ3) is 1.04. The quantitative estimate of drug-likeness (QED) is 0.601. The molecule has 0 bridgehead atoms. The van der Waals surface area contributed by atoms with E-state index in [0.29, 0.717) is 5.65 Å². The first-order valence-corrected chi connectivity index (χ1v) is 4.85. The largest absolute Gasteiger partial charge is 0.515 e. The van der Waals surface area contributed by atoms with Crippen molar-refractivity contribution in [3.63, 3.8) is 0 Å². The Morgan fingerprint density at radius 3 is 2.88 bits per heavy atom. The van der Waals surface area contributed by atoms with Gasteiger partial charge >= 0.3 is 0 Å². The van der Waals surface area contributed by atoms with Gasteiger partial charge in [-0.15, -0.1) is 0 Å². The zero-order valence-electron chi connectivity index (χ0n) is 8.29. The maximum absolute atomic E-state index is 11.5. The highest BCUT2D eigenvalue weighted by atomic mass is 16.2. The van der Waals surface area contributed by atoms with E-state index in [1.54, 1.807) is 10.6 Å². The lowest BCUT2D eigenvalue weighted by molar-refractivity contribution is 0.540. The molecule has 16 heavy (non-hydrogen) atoms. The number of aliphatic hydroxyl groups is 1. The number of aromatic nitrogens is 2. The molecular weight excluding hydrogens is 204 g/mol. The molecule has 2 heterocycles. The SMILES string of the molecule is O=c1ccn2c(nc3ccccc32)c1=CO. The van der Waals surface area contributed by atoms with Gasteiger partial charge in [-0.25, -0.2) is 4.98 Å². The molecule has 2 aromatic heterocycles. The fourth-order valence-electron chi connectivity index (χ4n) is 1.85. The normalized spacial score (nSPS) is 12.6. The van der Waals surface area contributed by atoms with Crippen LogP contribution in [0.4, 0.5) is 0 Å². The van der Waals surface area contributed by atoms with Gasteiger partial charge in [-0.2, -0.15) is 0 Å². The number of hydrogen-bond donors (Lipinski definition) is 1. The molecule has 0 unspecified atom stereocenters. The second-order valence-corrected chi connectivity index (χ2v) is 3.52. The van der Waals surface area contributed by atoms with Crippen molar-refractivity contribution in [1.82, 2.24) is 9.38 Å². The summed E-state index contributed by atoms with van der Waals surface area (Å²) in [5.74, 6) is 0. The molecule has 0 saturated heterocycles. The molecule has 0 fully saturated rings. The van der Waals surface area contributed by atoms with Crippen molar-refractivity contribution in [2.75, 3.05) is 0 Å². The summed E-state index contributed by atoms with van der Waals surface area (Å²) in [5, 5.41) is 9.28. The molecule has 3 rings (SSSR count). The Bertz CT molecular complexity index is 790. The van der Waals surface area contributed by atoms with Gasteiger partial charge in [0.25, 0.3) is 0 Å². The number of benzene rings is 1. The van der Waals surface area contributed by atoms with E-state index in [-0.39, 0.29) is 10.6 Å². The second kappa shape index (κ2) is 3.06.